The Morgan fingerprint density at radius 1 is 1.53 bits per heavy atom. The summed E-state index contributed by atoms with van der Waals surface area (Å²) in [6.07, 6.45) is -6.03. The van der Waals surface area contributed by atoms with Crippen molar-refractivity contribution in [1.29, 1.82) is 0 Å². The van der Waals surface area contributed by atoms with E-state index in [1.165, 1.54) is 0 Å². The van der Waals surface area contributed by atoms with E-state index < -0.39 is 24.4 Å². The molecule has 1 heterocycles. The van der Waals surface area contributed by atoms with Crippen LogP contribution in [-0.2, 0) is 9.47 Å². The van der Waals surface area contributed by atoms with Gasteiger partial charge in [0, 0.05) is 12.6 Å². The summed E-state index contributed by atoms with van der Waals surface area (Å²) in [5.41, 5.74) is 5.40. The molecule has 0 amide bonds. The maximum absolute atomic E-state index is 12.6. The molecule has 0 aromatic heterocycles. The molecule has 2 N–H and O–H groups in total. The quantitative estimate of drug-likeness (QED) is 0.790. The normalized spacial score (nSPS) is 26.6. The maximum atomic E-state index is 12.6. The van der Waals surface area contributed by atoms with Gasteiger partial charge in [-0.15, -0.1) is 0 Å². The molecule has 1 aliphatic heterocycles. The summed E-state index contributed by atoms with van der Waals surface area (Å²) in [5.74, 6) is 0. The Hall–Kier alpha value is -0.330. The van der Waals surface area contributed by atoms with E-state index in [9.17, 15) is 13.2 Å². The molecule has 1 fully saturated rings. The highest BCUT2D eigenvalue weighted by atomic mass is 19.4. The van der Waals surface area contributed by atoms with Crippen LogP contribution in [0.5, 0.6) is 0 Å². The number of hydrogen-bond donors (Lipinski definition) is 1. The van der Waals surface area contributed by atoms with Crippen LogP contribution in [0.4, 0.5) is 13.2 Å². The second-order valence-electron chi connectivity index (χ2n) is 3.66. The van der Waals surface area contributed by atoms with Crippen molar-refractivity contribution in [3.63, 3.8) is 0 Å². The average molecular weight is 227 g/mol. The van der Waals surface area contributed by atoms with E-state index in [-0.39, 0.29) is 13.0 Å². The monoisotopic (exact) mass is 227 g/mol. The summed E-state index contributed by atoms with van der Waals surface area (Å²) in [5, 5.41) is 0. The molecule has 1 aliphatic rings. The highest BCUT2D eigenvalue weighted by molar-refractivity contribution is 4.81. The Morgan fingerprint density at radius 3 is 2.60 bits per heavy atom. The first-order chi connectivity index (χ1) is 6.95. The zero-order valence-electron chi connectivity index (χ0n) is 8.59. The Labute approximate surface area is 86.7 Å². The van der Waals surface area contributed by atoms with Crippen molar-refractivity contribution in [2.45, 2.75) is 44.2 Å². The molecule has 0 spiro atoms. The highest BCUT2D eigenvalue weighted by Gasteiger charge is 2.45. The van der Waals surface area contributed by atoms with Crippen molar-refractivity contribution >= 4 is 0 Å². The Balaban J connectivity index is 2.55. The Kier molecular flexibility index (Phi) is 4.36. The number of hydrogen-bond acceptors (Lipinski definition) is 3. The summed E-state index contributed by atoms with van der Waals surface area (Å²) in [4.78, 5) is 0. The van der Waals surface area contributed by atoms with Crippen LogP contribution in [0.15, 0.2) is 0 Å². The Morgan fingerprint density at radius 2 is 2.20 bits per heavy atom. The summed E-state index contributed by atoms with van der Waals surface area (Å²) in [7, 11) is 0. The lowest BCUT2D eigenvalue weighted by molar-refractivity contribution is -0.238. The fourth-order valence-electron chi connectivity index (χ4n) is 1.46. The molecule has 0 aromatic rings. The molecule has 3 atom stereocenters. The molecular formula is C9H16F3NO2. The van der Waals surface area contributed by atoms with Gasteiger partial charge in [0.2, 0.25) is 0 Å². The van der Waals surface area contributed by atoms with Gasteiger partial charge in [0.05, 0.1) is 12.7 Å². The first kappa shape index (κ1) is 12.7. The molecule has 1 rings (SSSR count). The summed E-state index contributed by atoms with van der Waals surface area (Å²) >= 11 is 0. The van der Waals surface area contributed by atoms with E-state index in [4.69, 9.17) is 15.2 Å². The SMILES string of the molecule is CCC(N)C(OC1CCOC1)C(F)(F)F. The molecule has 3 nitrogen and oxygen atoms in total. The molecule has 0 aliphatic carbocycles. The lowest BCUT2D eigenvalue weighted by atomic mass is 10.1. The van der Waals surface area contributed by atoms with Crippen LogP contribution in [0.1, 0.15) is 19.8 Å². The van der Waals surface area contributed by atoms with Crippen LogP contribution in [0.25, 0.3) is 0 Å². The fraction of sp³-hybridized carbons (Fsp3) is 1.00. The number of nitrogens with two attached hydrogens (primary N) is 1. The minimum absolute atomic E-state index is 0.225. The molecule has 0 radical (unpaired) electrons. The zero-order chi connectivity index (χ0) is 11.5. The summed E-state index contributed by atoms with van der Waals surface area (Å²) in [6.45, 7) is 2.29. The van der Waals surface area contributed by atoms with Crippen molar-refractivity contribution in [3.8, 4) is 0 Å². The minimum atomic E-state index is -4.40. The van der Waals surface area contributed by atoms with Gasteiger partial charge < -0.3 is 15.2 Å². The van der Waals surface area contributed by atoms with Gasteiger partial charge in [-0.3, -0.25) is 0 Å². The van der Waals surface area contributed by atoms with Crippen LogP contribution < -0.4 is 5.73 Å². The van der Waals surface area contributed by atoms with Crippen molar-refractivity contribution in [1.82, 2.24) is 0 Å². The minimum Gasteiger partial charge on any atom is -0.379 e. The maximum Gasteiger partial charge on any atom is 0.416 e. The van der Waals surface area contributed by atoms with Crippen molar-refractivity contribution in [2.75, 3.05) is 13.2 Å². The van der Waals surface area contributed by atoms with Crippen molar-refractivity contribution in [2.24, 2.45) is 5.73 Å². The van der Waals surface area contributed by atoms with Gasteiger partial charge in [-0.05, 0) is 12.8 Å². The zero-order valence-corrected chi connectivity index (χ0v) is 8.59. The standard InChI is InChI=1S/C9H16F3NO2/c1-2-7(13)8(9(10,11)12)15-6-3-4-14-5-6/h6-8H,2-5,13H2,1H3. The van der Waals surface area contributed by atoms with Crippen LogP contribution in [0.3, 0.4) is 0 Å². The number of rotatable bonds is 4. The van der Waals surface area contributed by atoms with Gasteiger partial charge in [0.15, 0.2) is 6.10 Å². The smallest absolute Gasteiger partial charge is 0.379 e. The fourth-order valence-corrected chi connectivity index (χ4v) is 1.46. The number of ether oxygens (including phenoxy) is 2. The molecule has 90 valence electrons. The number of alkyl halides is 3. The number of halogens is 3. The van der Waals surface area contributed by atoms with Crippen LogP contribution in [0.2, 0.25) is 0 Å². The molecule has 15 heavy (non-hydrogen) atoms. The van der Waals surface area contributed by atoms with E-state index >= 15 is 0 Å². The first-order valence-electron chi connectivity index (χ1n) is 5.00. The summed E-state index contributed by atoms with van der Waals surface area (Å²) < 4.78 is 47.6. The van der Waals surface area contributed by atoms with E-state index in [0.717, 1.165) is 0 Å². The third kappa shape index (κ3) is 3.62. The first-order valence-corrected chi connectivity index (χ1v) is 5.00. The second-order valence-corrected chi connectivity index (χ2v) is 3.66. The third-order valence-electron chi connectivity index (χ3n) is 2.41. The van der Waals surface area contributed by atoms with E-state index in [1.807, 2.05) is 0 Å². The lowest BCUT2D eigenvalue weighted by Crippen LogP contribution is -2.48. The average Bonchev–Trinajstić information content (AvgIpc) is 2.63. The molecule has 3 unspecified atom stereocenters. The van der Waals surface area contributed by atoms with Crippen LogP contribution in [-0.4, -0.2) is 37.6 Å². The van der Waals surface area contributed by atoms with Gasteiger partial charge in [-0.1, -0.05) is 6.92 Å². The van der Waals surface area contributed by atoms with E-state index in [2.05, 4.69) is 0 Å². The third-order valence-corrected chi connectivity index (χ3v) is 2.41. The molecule has 0 saturated carbocycles. The van der Waals surface area contributed by atoms with Gasteiger partial charge in [-0.25, -0.2) is 0 Å². The van der Waals surface area contributed by atoms with Crippen molar-refractivity contribution < 1.29 is 22.6 Å². The van der Waals surface area contributed by atoms with E-state index in [1.54, 1.807) is 6.92 Å². The predicted octanol–water partition coefficient (Wildman–Crippen LogP) is 1.46. The lowest BCUT2D eigenvalue weighted by Gasteiger charge is -2.27. The largest absolute Gasteiger partial charge is 0.416 e. The Bertz CT molecular complexity index is 192. The molecule has 6 heteroatoms. The second kappa shape index (κ2) is 5.14. The molecular weight excluding hydrogens is 211 g/mol. The topological polar surface area (TPSA) is 44.5 Å². The van der Waals surface area contributed by atoms with Gasteiger partial charge in [0.1, 0.15) is 0 Å². The molecule has 0 bridgehead atoms. The predicted molar refractivity (Wildman–Crippen MR) is 48.4 cm³/mol. The summed E-state index contributed by atoms with van der Waals surface area (Å²) in [6, 6.07) is -1.01. The van der Waals surface area contributed by atoms with Crippen LogP contribution in [0, 0.1) is 0 Å². The van der Waals surface area contributed by atoms with Crippen LogP contribution >= 0.6 is 0 Å². The van der Waals surface area contributed by atoms with Gasteiger partial charge >= 0.3 is 6.18 Å². The van der Waals surface area contributed by atoms with E-state index in [0.29, 0.717) is 13.0 Å². The molecule has 0 aromatic carbocycles. The van der Waals surface area contributed by atoms with Crippen molar-refractivity contribution in [3.05, 3.63) is 0 Å². The van der Waals surface area contributed by atoms with Gasteiger partial charge in [-0.2, -0.15) is 13.2 Å². The van der Waals surface area contributed by atoms with Gasteiger partial charge in [0.25, 0.3) is 0 Å². The highest BCUT2D eigenvalue weighted by Crippen LogP contribution is 2.28. The molecule has 1 saturated heterocycles.